The molecule has 0 unspecified atom stereocenters. The van der Waals surface area contributed by atoms with Crippen LogP contribution in [0.3, 0.4) is 0 Å². The van der Waals surface area contributed by atoms with E-state index < -0.39 is 0 Å². The molecule has 0 aromatic heterocycles. The SMILES string of the molecule is CNc1cccc(OOc2c(C(=O)c3ccccc3)ccc(NC)c2C)c1C. The van der Waals surface area contributed by atoms with Gasteiger partial charge in [0.1, 0.15) is 0 Å². The molecule has 0 radical (unpaired) electrons. The molecule has 3 rings (SSSR count). The molecular weight excluding hydrogens is 352 g/mol. The summed E-state index contributed by atoms with van der Waals surface area (Å²) in [5, 5.41) is 6.23. The highest BCUT2D eigenvalue weighted by molar-refractivity contribution is 6.11. The fourth-order valence-corrected chi connectivity index (χ4v) is 3.06. The molecule has 0 amide bonds. The first kappa shape index (κ1) is 19.3. The number of benzene rings is 3. The summed E-state index contributed by atoms with van der Waals surface area (Å²) in [6, 6.07) is 18.4. The minimum absolute atomic E-state index is 0.120. The molecule has 144 valence electrons. The van der Waals surface area contributed by atoms with Crippen molar-refractivity contribution in [3.63, 3.8) is 0 Å². The van der Waals surface area contributed by atoms with Gasteiger partial charge in [0.25, 0.3) is 0 Å². The van der Waals surface area contributed by atoms with Gasteiger partial charge in [-0.1, -0.05) is 36.4 Å². The van der Waals surface area contributed by atoms with Crippen LogP contribution >= 0.6 is 0 Å². The third kappa shape index (κ3) is 3.78. The maximum atomic E-state index is 13.0. The molecular formula is C23H24N2O3. The van der Waals surface area contributed by atoms with Crippen molar-refractivity contribution in [1.82, 2.24) is 0 Å². The second-order valence-corrected chi connectivity index (χ2v) is 6.41. The van der Waals surface area contributed by atoms with Crippen molar-refractivity contribution in [3.05, 3.63) is 82.9 Å². The number of nitrogens with one attached hydrogen (secondary N) is 2. The van der Waals surface area contributed by atoms with Crippen molar-refractivity contribution < 1.29 is 14.6 Å². The Morgan fingerprint density at radius 3 is 2.11 bits per heavy atom. The standard InChI is InChI=1S/C23H24N2O3/c1-15-19(24-3)11-8-12-21(15)27-28-23-16(2)20(25-4)14-13-18(23)22(26)17-9-6-5-7-10-17/h5-14,24-25H,1-4H3. The summed E-state index contributed by atoms with van der Waals surface area (Å²) in [4.78, 5) is 24.4. The average molecular weight is 376 g/mol. The van der Waals surface area contributed by atoms with E-state index in [-0.39, 0.29) is 5.78 Å². The molecule has 0 fully saturated rings. The first-order valence-electron chi connectivity index (χ1n) is 9.09. The summed E-state index contributed by atoms with van der Waals surface area (Å²) >= 11 is 0. The lowest BCUT2D eigenvalue weighted by Crippen LogP contribution is -2.11. The molecule has 0 bridgehead atoms. The van der Waals surface area contributed by atoms with Crippen LogP contribution in [-0.2, 0) is 0 Å². The quantitative estimate of drug-likeness (QED) is 0.346. The minimum atomic E-state index is -0.120. The van der Waals surface area contributed by atoms with E-state index >= 15 is 0 Å². The highest BCUT2D eigenvalue weighted by atomic mass is 17.2. The maximum absolute atomic E-state index is 13.0. The van der Waals surface area contributed by atoms with Gasteiger partial charge in [0.05, 0.1) is 5.56 Å². The molecule has 0 saturated carbocycles. The van der Waals surface area contributed by atoms with Crippen LogP contribution in [-0.4, -0.2) is 19.9 Å². The molecule has 0 saturated heterocycles. The van der Waals surface area contributed by atoms with Crippen LogP contribution in [0.25, 0.3) is 0 Å². The lowest BCUT2D eigenvalue weighted by atomic mass is 9.99. The van der Waals surface area contributed by atoms with Gasteiger partial charge in [0.15, 0.2) is 17.3 Å². The first-order chi connectivity index (χ1) is 13.6. The summed E-state index contributed by atoms with van der Waals surface area (Å²) in [7, 11) is 3.68. The molecule has 0 atom stereocenters. The highest BCUT2D eigenvalue weighted by Gasteiger charge is 2.20. The third-order valence-corrected chi connectivity index (χ3v) is 4.72. The summed E-state index contributed by atoms with van der Waals surface area (Å²) < 4.78 is 0. The van der Waals surface area contributed by atoms with Gasteiger partial charge in [-0.3, -0.25) is 14.6 Å². The van der Waals surface area contributed by atoms with Gasteiger partial charge < -0.3 is 10.6 Å². The molecule has 2 N–H and O–H groups in total. The predicted octanol–water partition coefficient (Wildman–Crippen LogP) is 4.99. The molecule has 0 spiro atoms. The van der Waals surface area contributed by atoms with Crippen molar-refractivity contribution in [2.45, 2.75) is 13.8 Å². The fourth-order valence-electron chi connectivity index (χ4n) is 3.06. The lowest BCUT2D eigenvalue weighted by molar-refractivity contribution is -0.101. The molecule has 3 aromatic carbocycles. The van der Waals surface area contributed by atoms with Crippen LogP contribution in [0.2, 0.25) is 0 Å². The summed E-state index contributed by atoms with van der Waals surface area (Å²) in [5.74, 6) is 0.861. The van der Waals surface area contributed by atoms with Gasteiger partial charge in [-0.2, -0.15) is 0 Å². The Bertz CT molecular complexity index is 985. The molecule has 3 aromatic rings. The summed E-state index contributed by atoms with van der Waals surface area (Å²) in [5.41, 5.74) is 4.57. The Morgan fingerprint density at radius 1 is 0.750 bits per heavy atom. The Balaban J connectivity index is 1.98. The molecule has 5 nitrogen and oxygen atoms in total. The largest absolute Gasteiger partial charge is 0.388 e. The Morgan fingerprint density at radius 2 is 1.43 bits per heavy atom. The van der Waals surface area contributed by atoms with Crippen molar-refractivity contribution in [1.29, 1.82) is 0 Å². The molecule has 0 heterocycles. The average Bonchev–Trinajstić information content (AvgIpc) is 2.73. The van der Waals surface area contributed by atoms with Gasteiger partial charge in [0, 0.05) is 42.2 Å². The van der Waals surface area contributed by atoms with Gasteiger partial charge in [0.2, 0.25) is 0 Å². The van der Waals surface area contributed by atoms with Crippen molar-refractivity contribution in [2.75, 3.05) is 24.7 Å². The maximum Gasteiger partial charge on any atom is 0.196 e. The van der Waals surface area contributed by atoms with Gasteiger partial charge in [-0.05, 0) is 38.1 Å². The number of carbonyl (C=O) groups excluding carboxylic acids is 1. The van der Waals surface area contributed by atoms with Crippen LogP contribution in [0, 0.1) is 13.8 Å². The van der Waals surface area contributed by atoms with E-state index in [4.69, 9.17) is 9.78 Å². The Labute approximate surface area is 165 Å². The van der Waals surface area contributed by atoms with E-state index in [0.717, 1.165) is 22.5 Å². The zero-order valence-electron chi connectivity index (χ0n) is 16.5. The minimum Gasteiger partial charge on any atom is -0.388 e. The number of hydrogen-bond donors (Lipinski definition) is 2. The topological polar surface area (TPSA) is 59.6 Å². The van der Waals surface area contributed by atoms with E-state index in [1.165, 1.54) is 0 Å². The van der Waals surface area contributed by atoms with Crippen LogP contribution < -0.4 is 20.4 Å². The van der Waals surface area contributed by atoms with E-state index in [1.54, 1.807) is 18.2 Å². The second-order valence-electron chi connectivity index (χ2n) is 6.41. The van der Waals surface area contributed by atoms with E-state index in [1.807, 2.05) is 70.4 Å². The third-order valence-electron chi connectivity index (χ3n) is 4.72. The lowest BCUT2D eigenvalue weighted by Gasteiger charge is -2.17. The first-order valence-corrected chi connectivity index (χ1v) is 9.09. The van der Waals surface area contributed by atoms with Crippen LogP contribution in [0.1, 0.15) is 27.0 Å². The highest BCUT2D eigenvalue weighted by Crippen LogP contribution is 2.33. The van der Waals surface area contributed by atoms with Crippen molar-refractivity contribution in [3.8, 4) is 11.5 Å². The van der Waals surface area contributed by atoms with Gasteiger partial charge in [-0.15, -0.1) is 0 Å². The zero-order chi connectivity index (χ0) is 20.1. The fraction of sp³-hybridized carbons (Fsp3) is 0.174. The van der Waals surface area contributed by atoms with Crippen molar-refractivity contribution in [2.24, 2.45) is 0 Å². The van der Waals surface area contributed by atoms with E-state index in [0.29, 0.717) is 22.6 Å². The number of rotatable bonds is 7. The van der Waals surface area contributed by atoms with E-state index in [9.17, 15) is 4.79 Å². The molecule has 0 aliphatic rings. The number of hydrogen-bond acceptors (Lipinski definition) is 5. The smallest absolute Gasteiger partial charge is 0.196 e. The van der Waals surface area contributed by atoms with Crippen LogP contribution in [0.4, 0.5) is 11.4 Å². The summed E-state index contributed by atoms with van der Waals surface area (Å²) in [6.45, 7) is 3.83. The molecule has 5 heteroatoms. The molecule has 0 aliphatic carbocycles. The monoisotopic (exact) mass is 376 g/mol. The number of ketones is 1. The zero-order valence-corrected chi connectivity index (χ0v) is 16.5. The van der Waals surface area contributed by atoms with Crippen LogP contribution in [0.15, 0.2) is 60.7 Å². The second kappa shape index (κ2) is 8.48. The molecule has 28 heavy (non-hydrogen) atoms. The normalized spacial score (nSPS) is 10.3. The van der Waals surface area contributed by atoms with Gasteiger partial charge in [-0.25, -0.2) is 0 Å². The molecule has 0 aliphatic heterocycles. The number of anilines is 2. The van der Waals surface area contributed by atoms with Crippen LogP contribution in [0.5, 0.6) is 11.5 Å². The Kier molecular flexibility index (Phi) is 5.84. The van der Waals surface area contributed by atoms with Crippen molar-refractivity contribution >= 4 is 17.2 Å². The Hall–Kier alpha value is -3.47. The van der Waals surface area contributed by atoms with Gasteiger partial charge >= 0.3 is 0 Å². The number of carbonyl (C=O) groups is 1. The summed E-state index contributed by atoms with van der Waals surface area (Å²) in [6.07, 6.45) is 0. The van der Waals surface area contributed by atoms with E-state index in [2.05, 4.69) is 10.6 Å². The predicted molar refractivity (Wildman–Crippen MR) is 113 cm³/mol.